The van der Waals surface area contributed by atoms with Gasteiger partial charge in [0.1, 0.15) is 5.70 Å². The van der Waals surface area contributed by atoms with Crippen LogP contribution in [0.5, 0.6) is 0 Å². The van der Waals surface area contributed by atoms with Crippen LogP contribution in [0.15, 0.2) is 53.5 Å². The van der Waals surface area contributed by atoms with Crippen LogP contribution in [0.25, 0.3) is 11.8 Å². The number of aromatic nitrogens is 1. The topological polar surface area (TPSA) is 45.6 Å². The summed E-state index contributed by atoms with van der Waals surface area (Å²) in [5.74, 6) is -0.0816. The first-order chi connectivity index (χ1) is 13.1. The SMILES string of the molecule is CN(C)c1ccc(C=C(C(=O)N2CCCCCC2)n2ccccc2=O)cc1. The molecule has 0 aliphatic carbocycles. The molecule has 0 unspecified atom stereocenters. The highest BCUT2D eigenvalue weighted by Gasteiger charge is 2.21. The number of nitrogens with zero attached hydrogens (tertiary/aromatic N) is 3. The Hall–Kier alpha value is -2.82. The van der Waals surface area contributed by atoms with Gasteiger partial charge in [-0.3, -0.25) is 14.2 Å². The van der Waals surface area contributed by atoms with E-state index in [1.807, 2.05) is 54.2 Å². The average Bonchev–Trinajstić information content (AvgIpc) is 2.96. The summed E-state index contributed by atoms with van der Waals surface area (Å²) in [4.78, 5) is 29.6. The van der Waals surface area contributed by atoms with Crippen molar-refractivity contribution in [1.82, 2.24) is 9.47 Å². The normalized spacial score (nSPS) is 15.3. The van der Waals surface area contributed by atoms with E-state index in [2.05, 4.69) is 0 Å². The minimum atomic E-state index is -0.197. The van der Waals surface area contributed by atoms with Crippen molar-refractivity contribution in [2.24, 2.45) is 0 Å². The first-order valence-corrected chi connectivity index (χ1v) is 9.53. The van der Waals surface area contributed by atoms with Crippen LogP contribution >= 0.6 is 0 Å². The molecule has 5 nitrogen and oxygen atoms in total. The first kappa shape index (κ1) is 19.0. The summed E-state index contributed by atoms with van der Waals surface area (Å²) in [6.45, 7) is 1.49. The van der Waals surface area contributed by atoms with Crippen molar-refractivity contribution in [2.45, 2.75) is 25.7 Å². The predicted octanol–water partition coefficient (Wildman–Crippen LogP) is 3.32. The quantitative estimate of drug-likeness (QED) is 0.781. The largest absolute Gasteiger partial charge is 0.378 e. The fourth-order valence-electron chi connectivity index (χ4n) is 3.32. The second-order valence-corrected chi connectivity index (χ2v) is 7.13. The zero-order chi connectivity index (χ0) is 19.2. The molecule has 1 aromatic carbocycles. The van der Waals surface area contributed by atoms with Crippen LogP contribution in [0.4, 0.5) is 5.69 Å². The molecular formula is C22H27N3O2. The van der Waals surface area contributed by atoms with Gasteiger partial charge in [-0.25, -0.2) is 0 Å². The molecule has 1 aliphatic rings. The molecule has 0 spiro atoms. The number of likely N-dealkylation sites (tertiary alicyclic amines) is 1. The highest BCUT2D eigenvalue weighted by Crippen LogP contribution is 2.19. The van der Waals surface area contributed by atoms with E-state index in [0.29, 0.717) is 5.70 Å². The van der Waals surface area contributed by atoms with Gasteiger partial charge in [0.25, 0.3) is 11.5 Å². The summed E-state index contributed by atoms with van der Waals surface area (Å²) in [7, 11) is 3.98. The van der Waals surface area contributed by atoms with Crippen LogP contribution in [0, 0.1) is 0 Å². The smallest absolute Gasteiger partial charge is 0.270 e. The molecule has 0 N–H and O–H groups in total. The van der Waals surface area contributed by atoms with E-state index in [4.69, 9.17) is 0 Å². The van der Waals surface area contributed by atoms with Crippen molar-refractivity contribution in [3.8, 4) is 0 Å². The molecule has 5 heteroatoms. The molecule has 0 atom stereocenters. The third-order valence-electron chi connectivity index (χ3n) is 4.91. The lowest BCUT2D eigenvalue weighted by Gasteiger charge is -2.22. The summed E-state index contributed by atoms with van der Waals surface area (Å²) >= 11 is 0. The van der Waals surface area contributed by atoms with Crippen molar-refractivity contribution in [3.63, 3.8) is 0 Å². The van der Waals surface area contributed by atoms with Crippen molar-refractivity contribution >= 4 is 23.4 Å². The van der Waals surface area contributed by atoms with Crippen LogP contribution in [-0.4, -0.2) is 42.6 Å². The molecular weight excluding hydrogens is 338 g/mol. The number of carbonyl (C=O) groups excluding carboxylic acids is 1. The maximum absolute atomic E-state index is 13.3. The monoisotopic (exact) mass is 365 g/mol. The first-order valence-electron chi connectivity index (χ1n) is 9.53. The van der Waals surface area contributed by atoms with Gasteiger partial charge in [0.05, 0.1) is 0 Å². The Morgan fingerprint density at radius 2 is 1.63 bits per heavy atom. The molecule has 1 aromatic heterocycles. The maximum Gasteiger partial charge on any atom is 0.270 e. The Kier molecular flexibility index (Phi) is 6.12. The Bertz CT molecular complexity index is 858. The third kappa shape index (κ3) is 4.67. The van der Waals surface area contributed by atoms with E-state index >= 15 is 0 Å². The molecule has 2 aromatic rings. The molecule has 3 rings (SSSR count). The molecule has 0 radical (unpaired) electrons. The van der Waals surface area contributed by atoms with Crippen molar-refractivity contribution in [1.29, 1.82) is 0 Å². The van der Waals surface area contributed by atoms with Crippen LogP contribution in [0.3, 0.4) is 0 Å². The van der Waals surface area contributed by atoms with Gasteiger partial charge in [0, 0.05) is 45.1 Å². The number of hydrogen-bond acceptors (Lipinski definition) is 3. The second-order valence-electron chi connectivity index (χ2n) is 7.13. The van der Waals surface area contributed by atoms with Gasteiger partial charge in [0.2, 0.25) is 0 Å². The van der Waals surface area contributed by atoms with Gasteiger partial charge >= 0.3 is 0 Å². The minimum absolute atomic E-state index is 0.0816. The van der Waals surface area contributed by atoms with Gasteiger partial charge in [0.15, 0.2) is 0 Å². The second kappa shape index (κ2) is 8.71. The van der Waals surface area contributed by atoms with E-state index < -0.39 is 0 Å². The lowest BCUT2D eigenvalue weighted by molar-refractivity contribution is -0.125. The number of amides is 1. The summed E-state index contributed by atoms with van der Waals surface area (Å²) in [5, 5.41) is 0. The summed E-state index contributed by atoms with van der Waals surface area (Å²) in [6, 6.07) is 12.9. The summed E-state index contributed by atoms with van der Waals surface area (Å²) in [6.07, 6.45) is 7.81. The fourth-order valence-corrected chi connectivity index (χ4v) is 3.32. The van der Waals surface area contributed by atoms with E-state index in [1.165, 1.54) is 10.6 Å². The zero-order valence-electron chi connectivity index (χ0n) is 16.1. The Labute approximate surface area is 160 Å². The van der Waals surface area contributed by atoms with Crippen LogP contribution in [-0.2, 0) is 4.79 Å². The summed E-state index contributed by atoms with van der Waals surface area (Å²) < 4.78 is 1.45. The van der Waals surface area contributed by atoms with Gasteiger partial charge in [-0.15, -0.1) is 0 Å². The van der Waals surface area contributed by atoms with Crippen LogP contribution in [0.1, 0.15) is 31.2 Å². The predicted molar refractivity (Wildman–Crippen MR) is 111 cm³/mol. The zero-order valence-corrected chi connectivity index (χ0v) is 16.1. The van der Waals surface area contributed by atoms with Gasteiger partial charge in [-0.2, -0.15) is 0 Å². The van der Waals surface area contributed by atoms with Crippen molar-refractivity contribution in [3.05, 3.63) is 64.6 Å². The van der Waals surface area contributed by atoms with E-state index in [1.54, 1.807) is 18.3 Å². The molecule has 27 heavy (non-hydrogen) atoms. The lowest BCUT2D eigenvalue weighted by atomic mass is 10.1. The molecule has 0 saturated carbocycles. The number of carbonyl (C=O) groups is 1. The van der Waals surface area contributed by atoms with Gasteiger partial charge in [-0.1, -0.05) is 31.0 Å². The Balaban J connectivity index is 2.00. The third-order valence-corrected chi connectivity index (χ3v) is 4.91. The Morgan fingerprint density at radius 1 is 0.963 bits per heavy atom. The van der Waals surface area contributed by atoms with E-state index in [0.717, 1.165) is 50.0 Å². The lowest BCUT2D eigenvalue weighted by Crippen LogP contribution is -2.36. The van der Waals surface area contributed by atoms with Gasteiger partial charge in [-0.05, 0) is 42.7 Å². The highest BCUT2D eigenvalue weighted by atomic mass is 16.2. The maximum atomic E-state index is 13.3. The summed E-state index contributed by atoms with van der Waals surface area (Å²) in [5.41, 5.74) is 2.19. The van der Waals surface area contributed by atoms with Gasteiger partial charge < -0.3 is 9.80 Å². The van der Waals surface area contributed by atoms with E-state index in [-0.39, 0.29) is 11.5 Å². The highest BCUT2D eigenvalue weighted by molar-refractivity contribution is 6.18. The number of benzene rings is 1. The number of hydrogen-bond donors (Lipinski definition) is 0. The minimum Gasteiger partial charge on any atom is -0.378 e. The van der Waals surface area contributed by atoms with Crippen LogP contribution < -0.4 is 10.5 Å². The number of pyridine rings is 1. The van der Waals surface area contributed by atoms with E-state index in [9.17, 15) is 9.59 Å². The average molecular weight is 365 g/mol. The molecule has 2 heterocycles. The molecule has 1 amide bonds. The van der Waals surface area contributed by atoms with Crippen molar-refractivity contribution in [2.75, 3.05) is 32.1 Å². The molecule has 0 bridgehead atoms. The molecule has 142 valence electrons. The number of anilines is 1. The standard InChI is InChI=1S/C22H27N3O2/c1-23(2)19-12-10-18(11-13-19)17-20(25-16-8-5-9-21(25)26)22(27)24-14-6-3-4-7-15-24/h5,8-13,16-17H,3-4,6-7,14-15H2,1-2H3. The van der Waals surface area contributed by atoms with Crippen LogP contribution in [0.2, 0.25) is 0 Å². The molecule has 1 fully saturated rings. The molecule has 1 aliphatic heterocycles. The fraction of sp³-hybridized carbons (Fsp3) is 0.364. The Morgan fingerprint density at radius 3 is 2.22 bits per heavy atom. The molecule has 1 saturated heterocycles. The number of rotatable bonds is 4. The van der Waals surface area contributed by atoms with Crippen molar-refractivity contribution < 1.29 is 4.79 Å².